The Morgan fingerprint density at radius 1 is 1.38 bits per heavy atom. The van der Waals surface area contributed by atoms with E-state index in [2.05, 4.69) is 10.6 Å². The highest BCUT2D eigenvalue weighted by Crippen LogP contribution is 2.13. The van der Waals surface area contributed by atoms with E-state index in [1.807, 2.05) is 45.0 Å². The maximum Gasteiger partial charge on any atom is 0.325 e. The van der Waals surface area contributed by atoms with Crippen molar-refractivity contribution in [1.29, 1.82) is 0 Å². The van der Waals surface area contributed by atoms with Crippen LogP contribution in [-0.4, -0.2) is 48.5 Å². The summed E-state index contributed by atoms with van der Waals surface area (Å²) >= 11 is 0. The highest BCUT2D eigenvalue weighted by molar-refractivity contribution is 6.06. The topological polar surface area (TPSA) is 87.7 Å². The van der Waals surface area contributed by atoms with Crippen LogP contribution in [0, 0.1) is 12.8 Å². The van der Waals surface area contributed by atoms with Crippen molar-refractivity contribution in [3.63, 3.8) is 0 Å². The number of ether oxygens (including phenoxy) is 1. The first-order valence-electron chi connectivity index (χ1n) is 7.96. The van der Waals surface area contributed by atoms with Crippen LogP contribution in [0.15, 0.2) is 24.3 Å². The average molecular weight is 333 g/mol. The van der Waals surface area contributed by atoms with Gasteiger partial charge in [0.2, 0.25) is 5.91 Å². The second-order valence-corrected chi connectivity index (χ2v) is 6.11. The number of hydrogen-bond donors (Lipinski definition) is 2. The standard InChI is InChI=1S/C17H23N3O4/c1-11(2)15-16(22)20(17(23)19-15)10-14(21)18-7-8-24-13-6-4-5-12(3)9-13/h4-6,9,11,15H,7-8,10H2,1-3H3,(H,18,21)(H,19,23)/t15-/m1/s1. The second kappa shape index (κ2) is 7.81. The second-order valence-electron chi connectivity index (χ2n) is 6.11. The molecule has 7 nitrogen and oxygen atoms in total. The van der Waals surface area contributed by atoms with Crippen LogP contribution < -0.4 is 15.4 Å². The summed E-state index contributed by atoms with van der Waals surface area (Å²) in [6, 6.07) is 6.53. The Hall–Kier alpha value is -2.57. The highest BCUT2D eigenvalue weighted by Gasteiger charge is 2.40. The lowest BCUT2D eigenvalue weighted by Crippen LogP contribution is -2.42. The predicted octanol–water partition coefficient (Wildman–Crippen LogP) is 1.07. The number of nitrogens with zero attached hydrogens (tertiary/aromatic N) is 1. The molecule has 1 aliphatic rings. The molecule has 0 saturated carbocycles. The Bertz CT molecular complexity index is 630. The molecule has 0 spiro atoms. The van der Waals surface area contributed by atoms with Gasteiger partial charge in [-0.15, -0.1) is 0 Å². The highest BCUT2D eigenvalue weighted by atomic mass is 16.5. The fourth-order valence-corrected chi connectivity index (χ4v) is 2.41. The Morgan fingerprint density at radius 2 is 2.12 bits per heavy atom. The summed E-state index contributed by atoms with van der Waals surface area (Å²) in [6.07, 6.45) is 0. The van der Waals surface area contributed by atoms with Crippen molar-refractivity contribution in [3.8, 4) is 5.75 Å². The molecule has 1 fully saturated rings. The largest absolute Gasteiger partial charge is 0.492 e. The van der Waals surface area contributed by atoms with Gasteiger partial charge in [-0.2, -0.15) is 0 Å². The van der Waals surface area contributed by atoms with Gasteiger partial charge in [-0.1, -0.05) is 26.0 Å². The Balaban J connectivity index is 1.73. The quantitative estimate of drug-likeness (QED) is 0.577. The van der Waals surface area contributed by atoms with E-state index in [9.17, 15) is 14.4 Å². The molecule has 1 aromatic rings. The van der Waals surface area contributed by atoms with Gasteiger partial charge in [0.15, 0.2) is 0 Å². The van der Waals surface area contributed by atoms with Gasteiger partial charge >= 0.3 is 6.03 Å². The number of carbonyl (C=O) groups excluding carboxylic acids is 3. The van der Waals surface area contributed by atoms with Crippen LogP contribution in [0.3, 0.4) is 0 Å². The third kappa shape index (κ3) is 4.47. The van der Waals surface area contributed by atoms with Gasteiger partial charge in [-0.05, 0) is 30.5 Å². The van der Waals surface area contributed by atoms with E-state index in [-0.39, 0.29) is 18.4 Å². The van der Waals surface area contributed by atoms with Crippen molar-refractivity contribution in [1.82, 2.24) is 15.5 Å². The number of imide groups is 1. The molecular weight excluding hydrogens is 310 g/mol. The monoisotopic (exact) mass is 333 g/mol. The molecule has 0 bridgehead atoms. The van der Waals surface area contributed by atoms with Crippen LogP contribution in [0.1, 0.15) is 19.4 Å². The Kier molecular flexibility index (Phi) is 5.78. The van der Waals surface area contributed by atoms with Gasteiger partial charge in [0.25, 0.3) is 5.91 Å². The third-order valence-corrected chi connectivity index (χ3v) is 3.71. The van der Waals surface area contributed by atoms with E-state index >= 15 is 0 Å². The molecule has 1 saturated heterocycles. The summed E-state index contributed by atoms with van der Waals surface area (Å²) in [5.41, 5.74) is 1.09. The number of benzene rings is 1. The molecule has 7 heteroatoms. The van der Waals surface area contributed by atoms with Crippen molar-refractivity contribution in [3.05, 3.63) is 29.8 Å². The number of nitrogens with one attached hydrogen (secondary N) is 2. The molecule has 0 aromatic heterocycles. The van der Waals surface area contributed by atoms with E-state index < -0.39 is 18.0 Å². The van der Waals surface area contributed by atoms with Crippen molar-refractivity contribution in [2.24, 2.45) is 5.92 Å². The molecule has 0 unspecified atom stereocenters. The average Bonchev–Trinajstić information content (AvgIpc) is 2.80. The Labute approximate surface area is 141 Å². The molecular formula is C17H23N3O4. The number of carbonyl (C=O) groups is 3. The van der Waals surface area contributed by atoms with Crippen molar-refractivity contribution in [2.45, 2.75) is 26.8 Å². The minimum atomic E-state index is -0.560. The first-order valence-corrected chi connectivity index (χ1v) is 7.96. The number of hydrogen-bond acceptors (Lipinski definition) is 4. The number of amides is 4. The van der Waals surface area contributed by atoms with Crippen LogP contribution in [0.4, 0.5) is 4.79 Å². The minimum Gasteiger partial charge on any atom is -0.492 e. The lowest BCUT2D eigenvalue weighted by Gasteiger charge is -2.14. The number of aryl methyl sites for hydroxylation is 1. The molecule has 2 rings (SSSR count). The van der Waals surface area contributed by atoms with Gasteiger partial charge < -0.3 is 15.4 Å². The maximum atomic E-state index is 12.1. The van der Waals surface area contributed by atoms with Crippen LogP contribution in [-0.2, 0) is 9.59 Å². The van der Waals surface area contributed by atoms with Crippen LogP contribution in [0.2, 0.25) is 0 Å². The molecule has 0 aliphatic carbocycles. The summed E-state index contributed by atoms with van der Waals surface area (Å²) in [5.74, 6) is -0.0349. The summed E-state index contributed by atoms with van der Waals surface area (Å²) in [5, 5.41) is 5.23. The zero-order valence-electron chi connectivity index (χ0n) is 14.2. The fourth-order valence-electron chi connectivity index (χ4n) is 2.41. The molecule has 1 aliphatic heterocycles. The summed E-state index contributed by atoms with van der Waals surface area (Å²) in [4.78, 5) is 36.7. The minimum absolute atomic E-state index is 0.0164. The van der Waals surface area contributed by atoms with Gasteiger partial charge in [0.05, 0.1) is 6.54 Å². The van der Waals surface area contributed by atoms with Gasteiger partial charge in [-0.25, -0.2) is 4.79 Å². The summed E-state index contributed by atoms with van der Waals surface area (Å²) < 4.78 is 5.52. The number of rotatable bonds is 7. The normalized spacial score (nSPS) is 17.2. The lowest BCUT2D eigenvalue weighted by molar-refractivity contribution is -0.132. The van der Waals surface area contributed by atoms with E-state index in [4.69, 9.17) is 4.74 Å². The zero-order chi connectivity index (χ0) is 17.7. The Morgan fingerprint density at radius 3 is 2.75 bits per heavy atom. The number of urea groups is 1. The van der Waals surface area contributed by atoms with Crippen LogP contribution in [0.25, 0.3) is 0 Å². The van der Waals surface area contributed by atoms with Crippen LogP contribution in [0.5, 0.6) is 5.75 Å². The third-order valence-electron chi connectivity index (χ3n) is 3.71. The van der Waals surface area contributed by atoms with Crippen molar-refractivity contribution >= 4 is 17.8 Å². The fraction of sp³-hybridized carbons (Fsp3) is 0.471. The van der Waals surface area contributed by atoms with Gasteiger partial charge in [0.1, 0.15) is 24.9 Å². The van der Waals surface area contributed by atoms with Crippen molar-refractivity contribution < 1.29 is 19.1 Å². The molecule has 130 valence electrons. The first-order chi connectivity index (χ1) is 11.4. The SMILES string of the molecule is Cc1cccc(OCCNC(=O)CN2C(=O)N[C@H](C(C)C)C2=O)c1. The molecule has 1 aromatic carbocycles. The molecule has 2 N–H and O–H groups in total. The smallest absolute Gasteiger partial charge is 0.325 e. The first kappa shape index (κ1) is 17.8. The molecule has 4 amide bonds. The van der Waals surface area contributed by atoms with E-state index in [0.717, 1.165) is 16.2 Å². The summed E-state index contributed by atoms with van der Waals surface area (Å²) in [7, 11) is 0. The molecule has 1 heterocycles. The zero-order valence-corrected chi connectivity index (χ0v) is 14.2. The molecule has 24 heavy (non-hydrogen) atoms. The predicted molar refractivity (Wildman–Crippen MR) is 88.6 cm³/mol. The maximum absolute atomic E-state index is 12.1. The molecule has 0 radical (unpaired) electrons. The van der Waals surface area contributed by atoms with Gasteiger partial charge in [-0.3, -0.25) is 14.5 Å². The summed E-state index contributed by atoms with van der Waals surface area (Å²) in [6.45, 7) is 5.98. The van der Waals surface area contributed by atoms with E-state index in [0.29, 0.717) is 13.2 Å². The molecule has 1 atom stereocenters. The lowest BCUT2D eigenvalue weighted by atomic mass is 10.1. The van der Waals surface area contributed by atoms with E-state index in [1.54, 1.807) is 0 Å². The van der Waals surface area contributed by atoms with Crippen molar-refractivity contribution in [2.75, 3.05) is 19.7 Å². The van der Waals surface area contributed by atoms with Crippen LogP contribution >= 0.6 is 0 Å². The van der Waals surface area contributed by atoms with Gasteiger partial charge in [0, 0.05) is 0 Å². The van der Waals surface area contributed by atoms with E-state index in [1.165, 1.54) is 0 Å².